The van der Waals surface area contributed by atoms with Crippen molar-refractivity contribution in [3.8, 4) is 0 Å². The molecule has 1 aromatic heterocycles. The van der Waals surface area contributed by atoms with E-state index in [2.05, 4.69) is 14.9 Å². The number of carbonyl (C=O) groups excluding carboxylic acids is 2. The van der Waals surface area contributed by atoms with Gasteiger partial charge in [-0.2, -0.15) is 0 Å². The maximum Gasteiger partial charge on any atom is 0.243 e. The van der Waals surface area contributed by atoms with Gasteiger partial charge in [-0.1, -0.05) is 24.3 Å². The summed E-state index contributed by atoms with van der Waals surface area (Å²) in [5.41, 5.74) is 2.27. The van der Waals surface area contributed by atoms with E-state index < -0.39 is 6.04 Å². The third-order valence-corrected chi connectivity index (χ3v) is 4.75. The van der Waals surface area contributed by atoms with E-state index in [4.69, 9.17) is 0 Å². The Hall–Kier alpha value is -2.63. The topological polar surface area (TPSA) is 67.2 Å². The second kappa shape index (κ2) is 7.51. The van der Waals surface area contributed by atoms with Crippen molar-refractivity contribution < 1.29 is 9.59 Å². The van der Waals surface area contributed by atoms with Gasteiger partial charge < -0.3 is 14.8 Å². The normalized spacial score (nSPS) is 16.4. The van der Waals surface area contributed by atoms with Crippen molar-refractivity contribution in [3.05, 3.63) is 53.6 Å². The van der Waals surface area contributed by atoms with Crippen molar-refractivity contribution in [2.24, 2.45) is 0 Å². The number of amides is 2. The Balaban J connectivity index is 1.58. The van der Waals surface area contributed by atoms with E-state index in [1.54, 1.807) is 11.1 Å². The predicted octanol–water partition coefficient (Wildman–Crippen LogP) is 1.67. The summed E-state index contributed by atoms with van der Waals surface area (Å²) in [6.45, 7) is 5.38. The summed E-state index contributed by atoms with van der Waals surface area (Å²) in [6.07, 6.45) is 5.11. The molecule has 25 heavy (non-hydrogen) atoms. The smallest absolute Gasteiger partial charge is 0.243 e. The average Bonchev–Trinajstić information content (AvgIpc) is 3.02. The lowest BCUT2D eigenvalue weighted by Crippen LogP contribution is -2.52. The van der Waals surface area contributed by atoms with Gasteiger partial charge in [0, 0.05) is 45.4 Å². The van der Waals surface area contributed by atoms with Crippen molar-refractivity contribution >= 4 is 11.8 Å². The summed E-state index contributed by atoms with van der Waals surface area (Å²) in [4.78, 5) is 30.5. The third-order valence-electron chi connectivity index (χ3n) is 4.75. The Morgan fingerprint density at radius 2 is 2.04 bits per heavy atom. The largest absolute Gasteiger partial charge is 0.354 e. The SMILES string of the molecule is CC(=O)N1Cc2ccccc2C[C@H]1C(=O)NCCCn1ccnc1C. The van der Waals surface area contributed by atoms with Crippen LogP contribution in [0, 0.1) is 6.92 Å². The highest BCUT2D eigenvalue weighted by Gasteiger charge is 2.32. The Bertz CT molecular complexity index is 768. The van der Waals surface area contributed by atoms with Gasteiger partial charge in [-0.15, -0.1) is 0 Å². The summed E-state index contributed by atoms with van der Waals surface area (Å²) < 4.78 is 2.06. The maximum absolute atomic E-state index is 12.6. The van der Waals surface area contributed by atoms with Gasteiger partial charge in [0.2, 0.25) is 11.8 Å². The van der Waals surface area contributed by atoms with Gasteiger partial charge in [0.05, 0.1) is 0 Å². The number of carbonyl (C=O) groups is 2. The molecule has 0 saturated heterocycles. The second-order valence-corrected chi connectivity index (χ2v) is 6.45. The van der Waals surface area contributed by atoms with Crippen molar-refractivity contribution in [3.63, 3.8) is 0 Å². The number of aromatic nitrogens is 2. The molecular weight excluding hydrogens is 316 g/mol. The van der Waals surface area contributed by atoms with Crippen LogP contribution in [0.3, 0.4) is 0 Å². The van der Waals surface area contributed by atoms with Crippen LogP contribution < -0.4 is 5.32 Å². The first kappa shape index (κ1) is 17.2. The van der Waals surface area contributed by atoms with Crippen molar-refractivity contribution in [1.29, 1.82) is 0 Å². The Labute approximate surface area is 147 Å². The molecule has 0 aliphatic carbocycles. The van der Waals surface area contributed by atoms with E-state index in [1.807, 2.05) is 37.4 Å². The summed E-state index contributed by atoms with van der Waals surface area (Å²) in [5, 5.41) is 2.98. The van der Waals surface area contributed by atoms with Crippen LogP contribution in [0.2, 0.25) is 0 Å². The molecule has 1 aliphatic heterocycles. The molecule has 132 valence electrons. The summed E-state index contributed by atoms with van der Waals surface area (Å²) in [6, 6.07) is 7.57. The lowest BCUT2D eigenvalue weighted by Gasteiger charge is -2.35. The maximum atomic E-state index is 12.6. The molecule has 6 nitrogen and oxygen atoms in total. The number of benzene rings is 1. The fourth-order valence-electron chi connectivity index (χ4n) is 3.31. The first-order valence-corrected chi connectivity index (χ1v) is 8.65. The highest BCUT2D eigenvalue weighted by molar-refractivity contribution is 5.87. The van der Waals surface area contributed by atoms with Crippen LogP contribution in [0.5, 0.6) is 0 Å². The van der Waals surface area contributed by atoms with Crippen LogP contribution in [0.25, 0.3) is 0 Å². The van der Waals surface area contributed by atoms with Gasteiger partial charge in [0.15, 0.2) is 0 Å². The van der Waals surface area contributed by atoms with Crippen molar-refractivity contribution in [2.75, 3.05) is 6.54 Å². The molecule has 2 amide bonds. The molecule has 1 aliphatic rings. The molecule has 0 fully saturated rings. The fraction of sp³-hybridized carbons (Fsp3) is 0.421. The number of hydrogen-bond donors (Lipinski definition) is 1. The lowest BCUT2D eigenvalue weighted by atomic mass is 9.93. The molecule has 0 spiro atoms. The van der Waals surface area contributed by atoms with Crippen LogP contribution >= 0.6 is 0 Å². The van der Waals surface area contributed by atoms with Gasteiger partial charge in [0.25, 0.3) is 0 Å². The molecule has 6 heteroatoms. The molecule has 0 unspecified atom stereocenters. The van der Waals surface area contributed by atoms with Gasteiger partial charge in [-0.25, -0.2) is 4.98 Å². The monoisotopic (exact) mass is 340 g/mol. The Kier molecular flexibility index (Phi) is 5.16. The number of fused-ring (bicyclic) bond motifs is 1. The molecule has 1 aromatic carbocycles. The molecule has 0 saturated carbocycles. The van der Waals surface area contributed by atoms with Crippen LogP contribution in [0.1, 0.15) is 30.3 Å². The van der Waals surface area contributed by atoms with Crippen molar-refractivity contribution in [1.82, 2.24) is 19.8 Å². The van der Waals surface area contributed by atoms with Gasteiger partial charge >= 0.3 is 0 Å². The summed E-state index contributed by atoms with van der Waals surface area (Å²) in [7, 11) is 0. The van der Waals surface area contributed by atoms with E-state index in [9.17, 15) is 9.59 Å². The van der Waals surface area contributed by atoms with E-state index in [-0.39, 0.29) is 11.8 Å². The average molecular weight is 340 g/mol. The summed E-state index contributed by atoms with van der Waals surface area (Å²) in [5.74, 6) is 0.828. The van der Waals surface area contributed by atoms with Crippen LogP contribution in [-0.2, 0) is 29.1 Å². The number of imidazole rings is 1. The lowest BCUT2D eigenvalue weighted by molar-refractivity contribution is -0.140. The predicted molar refractivity (Wildman–Crippen MR) is 94.7 cm³/mol. The first-order chi connectivity index (χ1) is 12.1. The number of rotatable bonds is 5. The number of nitrogens with one attached hydrogen (secondary N) is 1. The molecule has 2 heterocycles. The number of aryl methyl sites for hydroxylation is 2. The third kappa shape index (κ3) is 3.90. The molecule has 3 rings (SSSR count). The van der Waals surface area contributed by atoms with E-state index in [0.717, 1.165) is 29.9 Å². The fourth-order valence-corrected chi connectivity index (χ4v) is 3.31. The zero-order valence-electron chi connectivity index (χ0n) is 14.7. The molecule has 0 bridgehead atoms. The van der Waals surface area contributed by atoms with Gasteiger partial charge in [-0.05, 0) is 24.5 Å². The molecule has 1 atom stereocenters. The van der Waals surface area contributed by atoms with Crippen LogP contribution in [-0.4, -0.2) is 38.9 Å². The summed E-state index contributed by atoms with van der Waals surface area (Å²) >= 11 is 0. The standard InChI is InChI=1S/C19H24N4O2/c1-14-20-9-11-22(14)10-5-8-21-19(25)18-12-16-6-3-4-7-17(16)13-23(18)15(2)24/h3-4,6-7,9,11,18H,5,8,10,12-13H2,1-2H3,(H,21,25)/t18-/m0/s1. The first-order valence-electron chi connectivity index (χ1n) is 8.65. The van der Waals surface area contributed by atoms with Gasteiger partial charge in [0.1, 0.15) is 11.9 Å². The van der Waals surface area contributed by atoms with Crippen molar-refractivity contribution in [2.45, 2.75) is 45.8 Å². The van der Waals surface area contributed by atoms with Crippen LogP contribution in [0.15, 0.2) is 36.7 Å². The van der Waals surface area contributed by atoms with E-state index >= 15 is 0 Å². The van der Waals surface area contributed by atoms with E-state index in [1.165, 1.54) is 6.92 Å². The zero-order valence-corrected chi connectivity index (χ0v) is 14.7. The number of nitrogens with zero attached hydrogens (tertiary/aromatic N) is 3. The quantitative estimate of drug-likeness (QED) is 0.842. The highest BCUT2D eigenvalue weighted by atomic mass is 16.2. The zero-order chi connectivity index (χ0) is 17.8. The van der Waals surface area contributed by atoms with E-state index in [0.29, 0.717) is 19.5 Å². The van der Waals surface area contributed by atoms with Crippen LogP contribution in [0.4, 0.5) is 0 Å². The Morgan fingerprint density at radius 1 is 1.28 bits per heavy atom. The Morgan fingerprint density at radius 3 is 2.72 bits per heavy atom. The highest BCUT2D eigenvalue weighted by Crippen LogP contribution is 2.23. The molecule has 0 radical (unpaired) electrons. The molecular formula is C19H24N4O2. The number of hydrogen-bond acceptors (Lipinski definition) is 3. The van der Waals surface area contributed by atoms with Gasteiger partial charge in [-0.3, -0.25) is 9.59 Å². The minimum atomic E-state index is -0.428. The minimum Gasteiger partial charge on any atom is -0.354 e. The minimum absolute atomic E-state index is 0.0660. The molecule has 2 aromatic rings. The molecule has 1 N–H and O–H groups in total. The second-order valence-electron chi connectivity index (χ2n) is 6.45.